The van der Waals surface area contributed by atoms with E-state index in [1.54, 1.807) is 32.0 Å². The zero-order chi connectivity index (χ0) is 40.5. The molecule has 2 aliphatic rings. The first-order valence-corrected chi connectivity index (χ1v) is 19.0. The van der Waals surface area contributed by atoms with Crippen molar-refractivity contribution < 1.29 is 38.3 Å². The summed E-state index contributed by atoms with van der Waals surface area (Å²) in [5.74, 6) is -4.51. The van der Waals surface area contributed by atoms with Crippen LogP contribution in [0, 0.1) is 18.8 Å². The molecule has 300 valence electrons. The van der Waals surface area contributed by atoms with E-state index in [2.05, 4.69) is 31.9 Å². The monoisotopic (exact) mass is 755 g/mol. The number of fused-ring (bicyclic) bond motifs is 3. The van der Waals surface area contributed by atoms with Crippen molar-refractivity contribution in [1.29, 1.82) is 0 Å². The van der Waals surface area contributed by atoms with Gasteiger partial charge in [0.1, 0.15) is 24.2 Å². The summed E-state index contributed by atoms with van der Waals surface area (Å²) < 4.78 is 4.83. The van der Waals surface area contributed by atoms with E-state index < -0.39 is 83.7 Å². The number of carbonyl (C=O) groups is 7. The Labute approximate surface area is 319 Å². The molecule has 1 aromatic rings. The van der Waals surface area contributed by atoms with Crippen molar-refractivity contribution >= 4 is 41.4 Å². The molecular formula is C39H61N7O8. The summed E-state index contributed by atoms with van der Waals surface area (Å²) in [7, 11) is 1.16. The third-order valence-corrected chi connectivity index (χ3v) is 9.98. The number of benzene rings is 1. The molecule has 1 aromatic carbocycles. The van der Waals surface area contributed by atoms with Gasteiger partial charge in [-0.25, -0.2) is 0 Å². The van der Waals surface area contributed by atoms with Crippen molar-refractivity contribution in [2.24, 2.45) is 11.8 Å². The summed E-state index contributed by atoms with van der Waals surface area (Å²) in [4.78, 5) is 97.6. The summed E-state index contributed by atoms with van der Waals surface area (Å²) in [6, 6.07) is -1.06. The SMILES string of the molecule is CC[C@H](C)[C@@H]1NC(=O)[C@H](CC(=O)OC)NC(=O)[C@H](CC(C)C)NC(=O)c2ccc(C)c(c2)CNC(=O)[C@@H]2CCCN2C(C(=O)NC(C)(C)C)[C@H](C)NC1=O. The Balaban J connectivity index is 2.14. The number of aryl methyl sites for hydroxylation is 1. The van der Waals surface area contributed by atoms with Gasteiger partial charge in [0, 0.05) is 17.6 Å². The fourth-order valence-corrected chi connectivity index (χ4v) is 6.84. The number of esters is 1. The van der Waals surface area contributed by atoms with Crippen molar-refractivity contribution in [2.75, 3.05) is 13.7 Å². The van der Waals surface area contributed by atoms with E-state index in [0.29, 0.717) is 31.4 Å². The standard InChI is InChI=1S/C39H61N7O8/c1-11-22(4)31-37(52)41-24(6)32(38(53)45-39(7,8)9)46-16-12-13-29(46)36(51)40-20-26-18-25(15-14-23(26)5)33(48)42-27(17-21(2)3)34(49)43-28(35(50)44-31)19-30(47)54-10/h14-15,18,21-22,24,27-29,31-32H,11-13,16-17,19-20H2,1-10H3,(H,40,51)(H,41,52)(H,42,48)(H,43,49)(H,44,50)(H,45,53)/t22-,24-,27-,28-,29-,31-,32?/m0/s1. The predicted molar refractivity (Wildman–Crippen MR) is 203 cm³/mol. The molecule has 0 radical (unpaired) electrons. The largest absolute Gasteiger partial charge is 0.469 e. The first-order valence-electron chi connectivity index (χ1n) is 19.0. The van der Waals surface area contributed by atoms with Gasteiger partial charge in [-0.05, 0) is 95.5 Å². The maximum absolute atomic E-state index is 14.1. The lowest BCUT2D eigenvalue weighted by Crippen LogP contribution is -2.64. The molecule has 15 heteroatoms. The second-order valence-electron chi connectivity index (χ2n) is 16.1. The third-order valence-electron chi connectivity index (χ3n) is 9.98. The summed E-state index contributed by atoms with van der Waals surface area (Å²) in [6.07, 6.45) is 1.29. The van der Waals surface area contributed by atoms with Gasteiger partial charge in [0.05, 0.1) is 25.6 Å². The van der Waals surface area contributed by atoms with Gasteiger partial charge in [-0.2, -0.15) is 0 Å². The number of hydrogen-bond acceptors (Lipinski definition) is 9. The van der Waals surface area contributed by atoms with Gasteiger partial charge >= 0.3 is 5.97 Å². The van der Waals surface area contributed by atoms with Gasteiger partial charge in [-0.3, -0.25) is 38.5 Å². The Morgan fingerprint density at radius 3 is 2.22 bits per heavy atom. The molecule has 1 fully saturated rings. The van der Waals surface area contributed by atoms with Gasteiger partial charge in [0.2, 0.25) is 29.5 Å². The topological polar surface area (TPSA) is 204 Å². The Kier molecular flexibility index (Phi) is 15.6. The molecule has 3 rings (SSSR count). The Morgan fingerprint density at radius 1 is 0.944 bits per heavy atom. The molecule has 0 saturated carbocycles. The molecular weight excluding hydrogens is 694 g/mol. The van der Waals surface area contributed by atoms with E-state index in [-0.39, 0.29) is 36.3 Å². The normalized spacial score (nSPS) is 25.9. The maximum atomic E-state index is 14.1. The zero-order valence-electron chi connectivity index (χ0n) is 33.5. The highest BCUT2D eigenvalue weighted by Gasteiger charge is 2.43. The Morgan fingerprint density at radius 2 is 1.61 bits per heavy atom. The second kappa shape index (κ2) is 19.2. The molecule has 15 nitrogen and oxygen atoms in total. The van der Waals surface area contributed by atoms with Crippen LogP contribution in [0.5, 0.6) is 0 Å². The van der Waals surface area contributed by atoms with Gasteiger partial charge in [-0.1, -0.05) is 40.2 Å². The van der Waals surface area contributed by atoms with Crippen LogP contribution in [0.2, 0.25) is 0 Å². The lowest BCUT2D eigenvalue weighted by Gasteiger charge is -2.38. The van der Waals surface area contributed by atoms with Crippen molar-refractivity contribution in [3.63, 3.8) is 0 Å². The van der Waals surface area contributed by atoms with Crippen LogP contribution in [0.4, 0.5) is 0 Å². The molecule has 54 heavy (non-hydrogen) atoms. The summed E-state index contributed by atoms with van der Waals surface area (Å²) in [6.45, 7) is 17.0. The molecule has 0 aromatic heterocycles. The van der Waals surface area contributed by atoms with Crippen molar-refractivity contribution in [1.82, 2.24) is 36.8 Å². The van der Waals surface area contributed by atoms with E-state index in [1.165, 1.54) is 0 Å². The molecule has 0 spiro atoms. The number of ether oxygens (including phenoxy) is 1. The molecule has 2 heterocycles. The highest BCUT2D eigenvalue weighted by molar-refractivity contribution is 5.99. The van der Waals surface area contributed by atoms with Crippen molar-refractivity contribution in [3.05, 3.63) is 34.9 Å². The van der Waals surface area contributed by atoms with Gasteiger partial charge < -0.3 is 36.6 Å². The van der Waals surface area contributed by atoms with Gasteiger partial charge in [0.25, 0.3) is 5.91 Å². The van der Waals surface area contributed by atoms with Crippen LogP contribution in [-0.2, 0) is 40.0 Å². The Hall–Kier alpha value is -4.53. The number of hydrogen-bond donors (Lipinski definition) is 6. The molecule has 0 aliphatic carbocycles. The minimum atomic E-state index is -1.44. The summed E-state index contributed by atoms with van der Waals surface area (Å²) >= 11 is 0. The van der Waals surface area contributed by atoms with Crippen LogP contribution in [0.1, 0.15) is 109 Å². The van der Waals surface area contributed by atoms with Crippen LogP contribution in [0.15, 0.2) is 18.2 Å². The average molecular weight is 756 g/mol. The van der Waals surface area contributed by atoms with Crippen molar-refractivity contribution in [2.45, 2.75) is 143 Å². The predicted octanol–water partition coefficient (Wildman–Crippen LogP) is 1.60. The zero-order valence-corrected chi connectivity index (χ0v) is 33.5. The quantitative estimate of drug-likeness (QED) is 0.224. The highest BCUT2D eigenvalue weighted by Crippen LogP contribution is 2.24. The number of methoxy groups -OCH3 is 1. The number of nitrogens with zero attached hydrogens (tertiary/aromatic N) is 1. The van der Waals surface area contributed by atoms with Gasteiger partial charge in [-0.15, -0.1) is 0 Å². The van der Waals surface area contributed by atoms with Crippen LogP contribution in [-0.4, -0.2) is 102 Å². The molecule has 2 aliphatic heterocycles. The molecule has 2 bridgehead atoms. The fraction of sp³-hybridized carbons (Fsp3) is 0.667. The number of amides is 6. The van der Waals surface area contributed by atoms with Crippen LogP contribution < -0.4 is 31.9 Å². The van der Waals surface area contributed by atoms with Crippen LogP contribution >= 0.6 is 0 Å². The molecule has 7 atom stereocenters. The van der Waals surface area contributed by atoms with E-state index >= 15 is 0 Å². The minimum Gasteiger partial charge on any atom is -0.469 e. The Bertz CT molecular complexity index is 1560. The van der Waals surface area contributed by atoms with Crippen molar-refractivity contribution in [3.8, 4) is 0 Å². The van der Waals surface area contributed by atoms with E-state index in [9.17, 15) is 33.6 Å². The molecule has 6 amide bonds. The number of nitrogens with one attached hydrogen (secondary N) is 6. The number of carbonyl (C=O) groups excluding carboxylic acids is 7. The van der Waals surface area contributed by atoms with Crippen LogP contribution in [0.3, 0.4) is 0 Å². The van der Waals surface area contributed by atoms with E-state index in [1.807, 2.05) is 53.4 Å². The lowest BCUT2D eigenvalue weighted by atomic mass is 9.96. The average Bonchev–Trinajstić information content (AvgIpc) is 3.56. The van der Waals surface area contributed by atoms with E-state index in [4.69, 9.17) is 4.74 Å². The first kappa shape index (κ1) is 43.9. The van der Waals surface area contributed by atoms with Crippen LogP contribution in [0.25, 0.3) is 0 Å². The summed E-state index contributed by atoms with van der Waals surface area (Å²) in [5.41, 5.74) is 1.16. The maximum Gasteiger partial charge on any atom is 0.308 e. The molecule has 1 unspecified atom stereocenters. The summed E-state index contributed by atoms with van der Waals surface area (Å²) in [5, 5.41) is 17.1. The fourth-order valence-electron chi connectivity index (χ4n) is 6.84. The van der Waals surface area contributed by atoms with E-state index in [0.717, 1.165) is 12.7 Å². The minimum absolute atomic E-state index is 0.0443. The highest BCUT2D eigenvalue weighted by atomic mass is 16.5. The third kappa shape index (κ3) is 12.0. The first-order chi connectivity index (χ1) is 25.3. The van der Waals surface area contributed by atoms with Gasteiger partial charge in [0.15, 0.2) is 0 Å². The molecule has 6 N–H and O–H groups in total. The number of rotatable bonds is 7. The second-order valence-corrected chi connectivity index (χ2v) is 16.1. The smallest absolute Gasteiger partial charge is 0.308 e. The molecule has 1 saturated heterocycles. The lowest BCUT2D eigenvalue weighted by molar-refractivity contribution is -0.144.